The fourth-order valence-corrected chi connectivity index (χ4v) is 2.62. The third-order valence-corrected chi connectivity index (χ3v) is 3.77. The molecule has 0 aromatic heterocycles. The van der Waals surface area contributed by atoms with Crippen LogP contribution in [0.1, 0.15) is 24.9 Å². The van der Waals surface area contributed by atoms with Crippen molar-refractivity contribution in [3.63, 3.8) is 0 Å². The summed E-state index contributed by atoms with van der Waals surface area (Å²) < 4.78 is 13.7. The predicted octanol–water partition coefficient (Wildman–Crippen LogP) is 4.24. The Balaban J connectivity index is 0.00000200. The van der Waals surface area contributed by atoms with Gasteiger partial charge in [-0.1, -0.05) is 23.2 Å². The van der Waals surface area contributed by atoms with Crippen molar-refractivity contribution >= 4 is 36.4 Å². The molecule has 2 rings (SSSR count). The van der Waals surface area contributed by atoms with Crippen LogP contribution in [0, 0.1) is 5.82 Å². The molecule has 6 heteroatoms. The fourth-order valence-electron chi connectivity index (χ4n) is 2.50. The van der Waals surface area contributed by atoms with Gasteiger partial charge in [0.25, 0.3) is 0 Å². The van der Waals surface area contributed by atoms with Gasteiger partial charge in [-0.2, -0.15) is 0 Å². The Hall–Kier alpha value is -0.320. The Morgan fingerprint density at radius 3 is 2.52 bits per heavy atom. The molecule has 21 heavy (non-hydrogen) atoms. The molecule has 0 unspecified atom stereocenters. The Bertz CT molecular complexity index is 462. The number of nitrogens with one attached hydrogen (secondary N) is 1. The molecule has 0 aliphatic carbocycles. The van der Waals surface area contributed by atoms with Crippen molar-refractivity contribution in [1.29, 1.82) is 0 Å². The quantitative estimate of drug-likeness (QED) is 0.813. The van der Waals surface area contributed by atoms with E-state index in [-0.39, 0.29) is 41.7 Å². The van der Waals surface area contributed by atoms with Gasteiger partial charge >= 0.3 is 0 Å². The van der Waals surface area contributed by atoms with Crippen LogP contribution in [0.5, 0.6) is 0 Å². The van der Waals surface area contributed by atoms with Gasteiger partial charge in [0.05, 0.1) is 5.02 Å². The van der Waals surface area contributed by atoms with E-state index in [9.17, 15) is 4.39 Å². The highest BCUT2D eigenvalue weighted by Gasteiger charge is 2.22. The second-order valence-electron chi connectivity index (χ2n) is 5.14. The lowest BCUT2D eigenvalue weighted by molar-refractivity contribution is 0.172. The lowest BCUT2D eigenvalue weighted by Crippen LogP contribution is -2.45. The molecule has 0 amide bonds. The van der Waals surface area contributed by atoms with Crippen molar-refractivity contribution in [1.82, 2.24) is 10.2 Å². The van der Waals surface area contributed by atoms with Crippen molar-refractivity contribution in [3.05, 3.63) is 46.8 Å². The number of halogens is 4. The molecule has 2 nitrogen and oxygen atoms in total. The summed E-state index contributed by atoms with van der Waals surface area (Å²) in [5.41, 5.74) is 2.09. The maximum atomic E-state index is 13.7. The monoisotopic (exact) mass is 354 g/mol. The maximum absolute atomic E-state index is 13.7. The molecule has 1 aliphatic rings. The third-order valence-electron chi connectivity index (χ3n) is 3.46. The SMILES string of the molecule is C=C(C)C[C@@H](c1ccc(Cl)c(F)c1)N1CCNCC1.Cl.Cl. The van der Waals surface area contributed by atoms with Crippen molar-refractivity contribution in [2.45, 2.75) is 19.4 Å². The molecule has 0 spiro atoms. The van der Waals surface area contributed by atoms with Gasteiger partial charge in [0, 0.05) is 32.2 Å². The van der Waals surface area contributed by atoms with E-state index in [0.717, 1.165) is 43.7 Å². The standard InChI is InChI=1S/C15H20ClFN2.2ClH/c1-11(2)9-15(19-7-5-18-6-8-19)12-3-4-13(16)14(17)10-12;;/h3-4,10,15,18H,1,5-9H2,2H3;2*1H/t15-;;/m0../s1. The van der Waals surface area contributed by atoms with Gasteiger partial charge in [0.1, 0.15) is 5.82 Å². The highest BCUT2D eigenvalue weighted by molar-refractivity contribution is 6.30. The van der Waals surface area contributed by atoms with E-state index in [1.165, 1.54) is 0 Å². The molecule has 1 atom stereocenters. The van der Waals surface area contributed by atoms with Crippen LogP contribution in [0.25, 0.3) is 0 Å². The van der Waals surface area contributed by atoms with Crippen molar-refractivity contribution in [2.75, 3.05) is 26.2 Å². The number of hydrogen-bond donors (Lipinski definition) is 1. The highest BCUT2D eigenvalue weighted by atomic mass is 35.5. The second-order valence-corrected chi connectivity index (χ2v) is 5.54. The minimum atomic E-state index is -0.346. The lowest BCUT2D eigenvalue weighted by Gasteiger charge is -2.35. The first-order valence-electron chi connectivity index (χ1n) is 6.62. The first kappa shape index (κ1) is 20.7. The highest BCUT2D eigenvalue weighted by Crippen LogP contribution is 2.29. The average Bonchev–Trinajstić information content (AvgIpc) is 2.40. The average molecular weight is 356 g/mol. The zero-order chi connectivity index (χ0) is 13.8. The zero-order valence-electron chi connectivity index (χ0n) is 12.1. The second kappa shape index (κ2) is 9.65. The van der Waals surface area contributed by atoms with Crippen LogP contribution in [0.4, 0.5) is 4.39 Å². The Labute approximate surface area is 143 Å². The molecular weight excluding hydrogens is 334 g/mol. The molecule has 1 saturated heterocycles. The van der Waals surface area contributed by atoms with Crippen molar-refractivity contribution in [2.24, 2.45) is 0 Å². The first-order chi connectivity index (χ1) is 9.08. The van der Waals surface area contributed by atoms with Gasteiger partial charge in [-0.3, -0.25) is 4.90 Å². The number of nitrogens with zero attached hydrogens (tertiary/aromatic N) is 1. The Morgan fingerprint density at radius 2 is 2.00 bits per heavy atom. The van der Waals surface area contributed by atoms with E-state index >= 15 is 0 Å². The molecule has 0 radical (unpaired) electrons. The van der Waals surface area contributed by atoms with Crippen LogP contribution in [0.15, 0.2) is 30.4 Å². The van der Waals surface area contributed by atoms with E-state index in [1.807, 2.05) is 13.0 Å². The summed E-state index contributed by atoms with van der Waals surface area (Å²) in [6, 6.07) is 5.30. The van der Waals surface area contributed by atoms with Crippen LogP contribution in [-0.4, -0.2) is 31.1 Å². The lowest BCUT2D eigenvalue weighted by atomic mass is 9.98. The molecule has 1 heterocycles. The number of piperazine rings is 1. The van der Waals surface area contributed by atoms with Gasteiger partial charge in [-0.15, -0.1) is 31.4 Å². The molecule has 120 valence electrons. The zero-order valence-corrected chi connectivity index (χ0v) is 14.5. The van der Waals surface area contributed by atoms with Gasteiger partial charge < -0.3 is 5.32 Å². The molecule has 0 saturated carbocycles. The molecule has 1 N–H and O–H groups in total. The summed E-state index contributed by atoms with van der Waals surface area (Å²) in [6.07, 6.45) is 0.848. The summed E-state index contributed by atoms with van der Waals surface area (Å²) in [6.45, 7) is 9.91. The molecule has 1 aromatic rings. The van der Waals surface area contributed by atoms with Gasteiger partial charge in [0.15, 0.2) is 0 Å². The van der Waals surface area contributed by atoms with E-state index in [0.29, 0.717) is 0 Å². The molecule has 1 aromatic carbocycles. The summed E-state index contributed by atoms with van der Waals surface area (Å²) in [5.74, 6) is -0.346. The van der Waals surface area contributed by atoms with Gasteiger partial charge in [0.2, 0.25) is 0 Å². The minimum absolute atomic E-state index is 0. The maximum Gasteiger partial charge on any atom is 0.142 e. The first-order valence-corrected chi connectivity index (χ1v) is 7.00. The van der Waals surface area contributed by atoms with E-state index in [4.69, 9.17) is 11.6 Å². The number of hydrogen-bond acceptors (Lipinski definition) is 2. The molecular formula is C15H22Cl3FN2. The Morgan fingerprint density at radius 1 is 1.38 bits per heavy atom. The van der Waals surface area contributed by atoms with Crippen LogP contribution in [0.3, 0.4) is 0 Å². The normalized spacial score (nSPS) is 16.5. The summed E-state index contributed by atoms with van der Waals surface area (Å²) >= 11 is 5.76. The van der Waals surface area contributed by atoms with Crippen LogP contribution in [0.2, 0.25) is 5.02 Å². The minimum Gasteiger partial charge on any atom is -0.314 e. The molecule has 0 bridgehead atoms. The largest absolute Gasteiger partial charge is 0.314 e. The summed E-state index contributed by atoms with van der Waals surface area (Å²) in [4.78, 5) is 2.38. The van der Waals surface area contributed by atoms with Gasteiger partial charge in [-0.05, 0) is 31.0 Å². The topological polar surface area (TPSA) is 15.3 Å². The third kappa shape index (κ3) is 5.76. The van der Waals surface area contributed by atoms with E-state index in [2.05, 4.69) is 16.8 Å². The van der Waals surface area contributed by atoms with Gasteiger partial charge in [-0.25, -0.2) is 4.39 Å². The number of benzene rings is 1. The summed E-state index contributed by atoms with van der Waals surface area (Å²) in [5, 5.41) is 3.51. The predicted molar refractivity (Wildman–Crippen MR) is 92.5 cm³/mol. The Kier molecular flexibility index (Phi) is 9.50. The number of rotatable bonds is 4. The van der Waals surface area contributed by atoms with E-state index < -0.39 is 0 Å². The summed E-state index contributed by atoms with van der Waals surface area (Å²) in [7, 11) is 0. The van der Waals surface area contributed by atoms with Crippen LogP contribution < -0.4 is 5.32 Å². The van der Waals surface area contributed by atoms with Crippen LogP contribution >= 0.6 is 36.4 Å². The van der Waals surface area contributed by atoms with Crippen molar-refractivity contribution in [3.8, 4) is 0 Å². The van der Waals surface area contributed by atoms with Crippen molar-refractivity contribution < 1.29 is 4.39 Å². The van der Waals surface area contributed by atoms with Crippen LogP contribution in [-0.2, 0) is 0 Å². The fraction of sp³-hybridized carbons (Fsp3) is 0.467. The molecule has 1 fully saturated rings. The molecule has 1 aliphatic heterocycles. The smallest absolute Gasteiger partial charge is 0.142 e. The van der Waals surface area contributed by atoms with E-state index in [1.54, 1.807) is 12.1 Å².